The van der Waals surface area contributed by atoms with Gasteiger partial charge in [-0.1, -0.05) is 0 Å². The first kappa shape index (κ1) is 5.97. The van der Waals surface area contributed by atoms with Crippen LogP contribution in [0.5, 0.6) is 0 Å². The van der Waals surface area contributed by atoms with Gasteiger partial charge in [0, 0.05) is 6.08 Å². The maximum absolute atomic E-state index is 10.4. The van der Waals surface area contributed by atoms with Crippen molar-refractivity contribution in [2.75, 3.05) is 0 Å². The Morgan fingerprint density at radius 2 is 2.11 bits per heavy atom. The van der Waals surface area contributed by atoms with Gasteiger partial charge >= 0.3 is 0 Å². The summed E-state index contributed by atoms with van der Waals surface area (Å²) in [5.41, 5.74) is 0. The lowest BCUT2D eigenvalue weighted by Gasteiger charge is -2.10. The van der Waals surface area contributed by atoms with Gasteiger partial charge < -0.3 is 10.4 Å². The highest BCUT2D eigenvalue weighted by Crippen LogP contribution is 1.90. The van der Waals surface area contributed by atoms with Crippen molar-refractivity contribution < 1.29 is 14.7 Å². The van der Waals surface area contributed by atoms with E-state index >= 15 is 0 Å². The SMILES string of the molecule is O=C1C=CC(=O)C(O)N1. The molecule has 4 heteroatoms. The van der Waals surface area contributed by atoms with Crippen molar-refractivity contribution in [3.63, 3.8) is 0 Å². The van der Waals surface area contributed by atoms with Crippen LogP contribution < -0.4 is 5.32 Å². The molecule has 0 saturated heterocycles. The van der Waals surface area contributed by atoms with Gasteiger partial charge in [0.1, 0.15) is 0 Å². The largest absolute Gasteiger partial charge is 0.367 e. The van der Waals surface area contributed by atoms with Crippen LogP contribution in [-0.2, 0) is 9.59 Å². The molecule has 0 aromatic carbocycles. The molecule has 0 saturated carbocycles. The first-order chi connectivity index (χ1) is 4.20. The molecule has 9 heavy (non-hydrogen) atoms. The summed E-state index contributed by atoms with van der Waals surface area (Å²) in [7, 11) is 0. The third-order valence-electron chi connectivity index (χ3n) is 0.947. The molecule has 1 rings (SSSR count). The third-order valence-corrected chi connectivity index (χ3v) is 0.947. The molecule has 0 radical (unpaired) electrons. The number of ketones is 1. The molecule has 0 fully saturated rings. The van der Waals surface area contributed by atoms with Crippen molar-refractivity contribution in [1.29, 1.82) is 0 Å². The van der Waals surface area contributed by atoms with Crippen LogP contribution in [0.15, 0.2) is 12.2 Å². The molecule has 1 unspecified atom stereocenters. The van der Waals surface area contributed by atoms with Gasteiger partial charge in [0.25, 0.3) is 0 Å². The molecule has 1 aliphatic rings. The van der Waals surface area contributed by atoms with Crippen LogP contribution in [0.25, 0.3) is 0 Å². The molecule has 0 aliphatic carbocycles. The molecular formula is C5H5NO3. The summed E-state index contributed by atoms with van der Waals surface area (Å²) in [6.07, 6.45) is 0.779. The van der Waals surface area contributed by atoms with Crippen molar-refractivity contribution in [1.82, 2.24) is 5.32 Å². The topological polar surface area (TPSA) is 66.4 Å². The van der Waals surface area contributed by atoms with E-state index in [-0.39, 0.29) is 0 Å². The molecular weight excluding hydrogens is 122 g/mol. The zero-order chi connectivity index (χ0) is 6.85. The molecule has 1 amide bonds. The smallest absolute Gasteiger partial charge is 0.246 e. The third kappa shape index (κ3) is 1.14. The number of carbonyl (C=O) groups excluding carboxylic acids is 2. The minimum Gasteiger partial charge on any atom is -0.367 e. The first-order valence-corrected chi connectivity index (χ1v) is 2.40. The fourth-order valence-electron chi connectivity index (χ4n) is 0.503. The van der Waals surface area contributed by atoms with E-state index in [0.29, 0.717) is 0 Å². The Bertz CT molecular complexity index is 185. The van der Waals surface area contributed by atoms with Crippen molar-refractivity contribution >= 4 is 11.7 Å². The van der Waals surface area contributed by atoms with Crippen LogP contribution in [0, 0.1) is 0 Å². The molecule has 0 aromatic rings. The van der Waals surface area contributed by atoms with Gasteiger partial charge in [-0.25, -0.2) is 0 Å². The summed E-state index contributed by atoms with van der Waals surface area (Å²) >= 11 is 0. The second-order valence-corrected chi connectivity index (χ2v) is 1.65. The van der Waals surface area contributed by atoms with Crippen LogP contribution >= 0.6 is 0 Å². The normalized spacial score (nSPS) is 26.1. The molecule has 48 valence electrons. The van der Waals surface area contributed by atoms with Crippen LogP contribution in [0.4, 0.5) is 0 Å². The van der Waals surface area contributed by atoms with Crippen molar-refractivity contribution in [2.45, 2.75) is 6.23 Å². The summed E-state index contributed by atoms with van der Waals surface area (Å²) in [4.78, 5) is 20.7. The number of hydrogen-bond donors (Lipinski definition) is 2. The summed E-state index contributed by atoms with van der Waals surface area (Å²) in [6, 6.07) is 0. The summed E-state index contributed by atoms with van der Waals surface area (Å²) in [6.45, 7) is 0. The lowest BCUT2D eigenvalue weighted by atomic mass is 10.2. The number of nitrogens with one attached hydrogen (secondary N) is 1. The Kier molecular flexibility index (Phi) is 1.32. The average molecular weight is 127 g/mol. The number of aliphatic hydroxyl groups is 1. The van der Waals surface area contributed by atoms with E-state index < -0.39 is 17.9 Å². The van der Waals surface area contributed by atoms with Gasteiger partial charge in [0.2, 0.25) is 11.7 Å². The van der Waals surface area contributed by atoms with Crippen molar-refractivity contribution in [3.8, 4) is 0 Å². The van der Waals surface area contributed by atoms with E-state index in [4.69, 9.17) is 5.11 Å². The number of aliphatic hydroxyl groups excluding tert-OH is 1. The van der Waals surface area contributed by atoms with Crippen molar-refractivity contribution in [2.24, 2.45) is 0 Å². The Hall–Kier alpha value is -1.16. The maximum Gasteiger partial charge on any atom is 0.246 e. The Balaban J connectivity index is 2.76. The standard InChI is InChI=1S/C5H5NO3/c7-3-1-2-4(8)6-5(3)9/h1-2,5,9H,(H,6,8). The number of hydrogen-bond acceptors (Lipinski definition) is 3. The monoisotopic (exact) mass is 127 g/mol. The summed E-state index contributed by atoms with van der Waals surface area (Å²) in [5, 5.41) is 10.6. The maximum atomic E-state index is 10.4. The second kappa shape index (κ2) is 1.99. The van der Waals surface area contributed by atoms with Gasteiger partial charge in [-0.3, -0.25) is 9.59 Å². The fourth-order valence-corrected chi connectivity index (χ4v) is 0.503. The Morgan fingerprint density at radius 1 is 1.44 bits per heavy atom. The Morgan fingerprint density at radius 3 is 2.56 bits per heavy atom. The molecule has 4 nitrogen and oxygen atoms in total. The summed E-state index contributed by atoms with van der Waals surface area (Å²) in [5.74, 6) is -0.934. The predicted molar refractivity (Wildman–Crippen MR) is 28.3 cm³/mol. The van der Waals surface area contributed by atoms with Crippen molar-refractivity contribution in [3.05, 3.63) is 12.2 Å². The quantitative estimate of drug-likeness (QED) is 0.418. The summed E-state index contributed by atoms with van der Waals surface area (Å²) < 4.78 is 0. The van der Waals surface area contributed by atoms with E-state index in [1.165, 1.54) is 0 Å². The van der Waals surface area contributed by atoms with Crippen LogP contribution in [0.1, 0.15) is 0 Å². The molecule has 0 bridgehead atoms. The highest BCUT2D eigenvalue weighted by Gasteiger charge is 2.17. The second-order valence-electron chi connectivity index (χ2n) is 1.65. The zero-order valence-electron chi connectivity index (χ0n) is 4.50. The first-order valence-electron chi connectivity index (χ1n) is 2.40. The Labute approximate surface area is 51.2 Å². The fraction of sp³-hybridized carbons (Fsp3) is 0.200. The highest BCUT2D eigenvalue weighted by atomic mass is 16.3. The molecule has 1 aliphatic heterocycles. The number of carbonyl (C=O) groups is 2. The predicted octanol–water partition coefficient (Wildman–Crippen LogP) is -1.44. The minimum atomic E-state index is -1.34. The lowest BCUT2D eigenvalue weighted by molar-refractivity contribution is -0.131. The highest BCUT2D eigenvalue weighted by molar-refractivity contribution is 6.05. The van der Waals surface area contributed by atoms with Gasteiger partial charge in [-0.2, -0.15) is 0 Å². The van der Waals surface area contributed by atoms with Gasteiger partial charge in [-0.15, -0.1) is 0 Å². The molecule has 0 aromatic heterocycles. The molecule has 0 spiro atoms. The van der Waals surface area contributed by atoms with Gasteiger partial charge in [0.15, 0.2) is 6.23 Å². The average Bonchev–Trinajstić information content (AvgIpc) is 1.80. The van der Waals surface area contributed by atoms with Gasteiger partial charge in [-0.05, 0) is 6.08 Å². The van der Waals surface area contributed by atoms with Crippen LogP contribution in [0.3, 0.4) is 0 Å². The van der Waals surface area contributed by atoms with E-state index in [0.717, 1.165) is 12.2 Å². The van der Waals surface area contributed by atoms with E-state index in [2.05, 4.69) is 0 Å². The van der Waals surface area contributed by atoms with E-state index in [9.17, 15) is 9.59 Å². The van der Waals surface area contributed by atoms with Crippen LogP contribution in [-0.4, -0.2) is 23.0 Å². The van der Waals surface area contributed by atoms with Gasteiger partial charge in [0.05, 0.1) is 0 Å². The van der Waals surface area contributed by atoms with E-state index in [1.54, 1.807) is 0 Å². The number of rotatable bonds is 0. The molecule has 1 atom stereocenters. The lowest BCUT2D eigenvalue weighted by Crippen LogP contribution is -2.42. The number of amides is 1. The zero-order valence-corrected chi connectivity index (χ0v) is 4.50. The molecule has 2 N–H and O–H groups in total. The minimum absolute atomic E-state index is 0.442. The molecule has 1 heterocycles. The van der Waals surface area contributed by atoms with E-state index in [1.807, 2.05) is 5.32 Å². The van der Waals surface area contributed by atoms with Crippen LogP contribution in [0.2, 0.25) is 0 Å².